The van der Waals surface area contributed by atoms with Gasteiger partial charge in [-0.25, -0.2) is 4.79 Å². The number of nitrogens with one attached hydrogen (secondary N) is 2. The average molecular weight is 275 g/mol. The number of urea groups is 1. The van der Waals surface area contributed by atoms with E-state index in [1.54, 1.807) is 0 Å². The van der Waals surface area contributed by atoms with E-state index in [1.807, 2.05) is 4.90 Å². The third-order valence-electron chi connectivity index (χ3n) is 4.29. The lowest BCUT2D eigenvalue weighted by Crippen LogP contribution is -2.53. The first-order chi connectivity index (χ1) is 8.33. The second kappa shape index (κ2) is 6.08. The summed E-state index contributed by atoms with van der Waals surface area (Å²) in [6.07, 6.45) is 2.62. The molecule has 0 bridgehead atoms. The molecule has 0 radical (unpaired) electrons. The maximum atomic E-state index is 11.5. The van der Waals surface area contributed by atoms with Crippen LogP contribution in [0, 0.1) is 5.92 Å². The van der Waals surface area contributed by atoms with Crippen molar-refractivity contribution in [3.63, 3.8) is 0 Å². The van der Waals surface area contributed by atoms with E-state index in [9.17, 15) is 4.79 Å². The van der Waals surface area contributed by atoms with Crippen LogP contribution < -0.4 is 10.6 Å². The number of carbonyl (C=O) groups excluding carboxylic acids is 1. The Bertz CT molecular complexity index is 296. The van der Waals surface area contributed by atoms with Crippen LogP contribution in [0.5, 0.6) is 0 Å². The number of piperazine rings is 1. The number of rotatable bonds is 2. The zero-order chi connectivity index (χ0) is 11.7. The third-order valence-corrected chi connectivity index (χ3v) is 4.29. The lowest BCUT2D eigenvalue weighted by molar-refractivity contribution is 0.103. The molecule has 0 saturated carbocycles. The predicted molar refractivity (Wildman–Crippen MR) is 73.2 cm³/mol. The quantitative estimate of drug-likeness (QED) is 0.752. The Balaban J connectivity index is 0.00000120. The molecule has 104 valence electrons. The van der Waals surface area contributed by atoms with E-state index in [4.69, 9.17) is 0 Å². The van der Waals surface area contributed by atoms with Crippen LogP contribution in [-0.4, -0.2) is 67.7 Å². The summed E-state index contributed by atoms with van der Waals surface area (Å²) in [5.41, 5.74) is 0. The van der Waals surface area contributed by atoms with Crippen molar-refractivity contribution in [2.24, 2.45) is 5.92 Å². The molecule has 18 heavy (non-hydrogen) atoms. The van der Waals surface area contributed by atoms with E-state index in [2.05, 4.69) is 15.5 Å². The molecule has 5 nitrogen and oxygen atoms in total. The monoisotopic (exact) mass is 274 g/mol. The maximum Gasteiger partial charge on any atom is 0.317 e. The fourth-order valence-electron chi connectivity index (χ4n) is 3.26. The lowest BCUT2D eigenvalue weighted by Gasteiger charge is -2.38. The Morgan fingerprint density at radius 1 is 1.22 bits per heavy atom. The molecule has 0 spiro atoms. The maximum absolute atomic E-state index is 11.5. The van der Waals surface area contributed by atoms with Crippen molar-refractivity contribution < 1.29 is 4.79 Å². The van der Waals surface area contributed by atoms with Crippen molar-refractivity contribution in [3.8, 4) is 0 Å². The summed E-state index contributed by atoms with van der Waals surface area (Å²) in [4.78, 5) is 16.0. The van der Waals surface area contributed by atoms with Crippen LogP contribution in [0.25, 0.3) is 0 Å². The van der Waals surface area contributed by atoms with Crippen LogP contribution in [0.2, 0.25) is 0 Å². The summed E-state index contributed by atoms with van der Waals surface area (Å²) in [5, 5.41) is 6.35. The number of nitrogens with zero attached hydrogens (tertiary/aromatic N) is 2. The highest BCUT2D eigenvalue weighted by molar-refractivity contribution is 5.85. The zero-order valence-corrected chi connectivity index (χ0v) is 11.5. The van der Waals surface area contributed by atoms with Crippen molar-refractivity contribution in [1.82, 2.24) is 20.4 Å². The highest BCUT2D eigenvalue weighted by Crippen LogP contribution is 2.18. The van der Waals surface area contributed by atoms with Gasteiger partial charge in [0.1, 0.15) is 0 Å². The van der Waals surface area contributed by atoms with E-state index < -0.39 is 0 Å². The van der Waals surface area contributed by atoms with Gasteiger partial charge in [-0.1, -0.05) is 0 Å². The topological polar surface area (TPSA) is 47.6 Å². The Morgan fingerprint density at radius 3 is 2.78 bits per heavy atom. The summed E-state index contributed by atoms with van der Waals surface area (Å²) in [6.45, 7) is 7.42. The van der Waals surface area contributed by atoms with Crippen molar-refractivity contribution in [1.29, 1.82) is 0 Å². The van der Waals surface area contributed by atoms with Gasteiger partial charge in [0, 0.05) is 32.7 Å². The Kier molecular flexibility index (Phi) is 4.70. The minimum Gasteiger partial charge on any atom is -0.336 e. The molecule has 3 rings (SSSR count). The van der Waals surface area contributed by atoms with Gasteiger partial charge in [-0.15, -0.1) is 12.4 Å². The second-order valence-electron chi connectivity index (χ2n) is 5.49. The molecule has 3 aliphatic rings. The number of amides is 2. The molecule has 3 saturated heterocycles. The molecule has 3 fully saturated rings. The number of carbonyl (C=O) groups is 1. The van der Waals surface area contributed by atoms with Gasteiger partial charge in [-0.05, 0) is 31.8 Å². The molecule has 0 aromatic rings. The normalized spacial score (nSPS) is 29.7. The van der Waals surface area contributed by atoms with E-state index in [1.165, 1.54) is 32.5 Å². The molecule has 1 atom stereocenters. The Morgan fingerprint density at radius 2 is 2.00 bits per heavy atom. The van der Waals surface area contributed by atoms with Crippen molar-refractivity contribution in [2.75, 3.05) is 45.8 Å². The predicted octanol–water partition coefficient (Wildman–Crippen LogP) is 0.117. The van der Waals surface area contributed by atoms with E-state index >= 15 is 0 Å². The van der Waals surface area contributed by atoms with Crippen LogP contribution in [0.15, 0.2) is 0 Å². The van der Waals surface area contributed by atoms with Gasteiger partial charge in [0.05, 0.1) is 6.04 Å². The Labute approximate surface area is 115 Å². The molecule has 0 aliphatic carbocycles. The smallest absolute Gasteiger partial charge is 0.317 e. The third kappa shape index (κ3) is 2.90. The minimum atomic E-state index is 0. The zero-order valence-electron chi connectivity index (χ0n) is 10.7. The molecule has 2 N–H and O–H groups in total. The van der Waals surface area contributed by atoms with Crippen LogP contribution >= 0.6 is 12.4 Å². The molecule has 1 unspecified atom stereocenters. The van der Waals surface area contributed by atoms with Gasteiger partial charge >= 0.3 is 6.03 Å². The summed E-state index contributed by atoms with van der Waals surface area (Å²) in [7, 11) is 0. The lowest BCUT2D eigenvalue weighted by atomic mass is 9.97. The van der Waals surface area contributed by atoms with Crippen LogP contribution in [0.1, 0.15) is 12.8 Å². The largest absolute Gasteiger partial charge is 0.336 e. The van der Waals surface area contributed by atoms with Gasteiger partial charge in [0.15, 0.2) is 0 Å². The fourth-order valence-corrected chi connectivity index (χ4v) is 3.26. The highest BCUT2D eigenvalue weighted by atomic mass is 35.5. The number of halogens is 1. The van der Waals surface area contributed by atoms with Crippen molar-refractivity contribution >= 4 is 18.4 Å². The van der Waals surface area contributed by atoms with Crippen LogP contribution in [-0.2, 0) is 0 Å². The van der Waals surface area contributed by atoms with E-state index in [0.29, 0.717) is 6.04 Å². The molecule has 6 heteroatoms. The number of hydrogen-bond donors (Lipinski definition) is 2. The number of fused-ring (bicyclic) bond motifs is 1. The molecule has 0 aromatic carbocycles. The molecule has 3 aliphatic heterocycles. The second-order valence-corrected chi connectivity index (χ2v) is 5.49. The van der Waals surface area contributed by atoms with Crippen molar-refractivity contribution in [3.05, 3.63) is 0 Å². The molecular weight excluding hydrogens is 252 g/mol. The highest BCUT2D eigenvalue weighted by Gasteiger charge is 2.35. The van der Waals surface area contributed by atoms with Gasteiger partial charge < -0.3 is 15.5 Å². The van der Waals surface area contributed by atoms with Gasteiger partial charge in [0.2, 0.25) is 0 Å². The average Bonchev–Trinajstić information content (AvgIpc) is 2.72. The standard InChI is InChI=1S/C12H22N4O.ClH/c17-12-14-7-11-9-15(5-6-16(11)12)8-10-1-3-13-4-2-10;/h10-11,13H,1-9H2,(H,14,17);1H. The number of hydrogen-bond acceptors (Lipinski definition) is 3. The van der Waals surface area contributed by atoms with Crippen molar-refractivity contribution in [2.45, 2.75) is 18.9 Å². The molecule has 3 heterocycles. The van der Waals surface area contributed by atoms with E-state index in [0.717, 1.165) is 32.1 Å². The van der Waals surface area contributed by atoms with Gasteiger partial charge in [0.25, 0.3) is 0 Å². The molecular formula is C12H23ClN4O. The van der Waals surface area contributed by atoms with Gasteiger partial charge in [-0.2, -0.15) is 0 Å². The van der Waals surface area contributed by atoms with Crippen LogP contribution in [0.3, 0.4) is 0 Å². The fraction of sp³-hybridized carbons (Fsp3) is 0.917. The van der Waals surface area contributed by atoms with E-state index in [-0.39, 0.29) is 18.4 Å². The first kappa shape index (κ1) is 13.9. The summed E-state index contributed by atoms with van der Waals surface area (Å²) >= 11 is 0. The summed E-state index contributed by atoms with van der Waals surface area (Å²) < 4.78 is 0. The summed E-state index contributed by atoms with van der Waals surface area (Å²) in [5.74, 6) is 0.855. The Hall–Kier alpha value is -0.520. The summed E-state index contributed by atoms with van der Waals surface area (Å²) in [6, 6.07) is 0.550. The van der Waals surface area contributed by atoms with Crippen LogP contribution in [0.4, 0.5) is 4.79 Å². The first-order valence-corrected chi connectivity index (χ1v) is 6.80. The van der Waals surface area contributed by atoms with Gasteiger partial charge in [-0.3, -0.25) is 4.90 Å². The first-order valence-electron chi connectivity index (χ1n) is 6.80. The number of piperidine rings is 1. The molecule has 2 amide bonds. The molecule has 0 aromatic heterocycles. The minimum absolute atomic E-state index is 0. The SMILES string of the molecule is Cl.O=C1NCC2CN(CC3CCNCC3)CCN12.